The summed E-state index contributed by atoms with van der Waals surface area (Å²) in [4.78, 5) is 4.38. The summed E-state index contributed by atoms with van der Waals surface area (Å²) in [5.74, 6) is 1.60. The van der Waals surface area contributed by atoms with Crippen molar-refractivity contribution in [3.63, 3.8) is 0 Å². The molecular formula is C21H22N4O. The van der Waals surface area contributed by atoms with E-state index in [-0.39, 0.29) is 12.0 Å². The third-order valence-corrected chi connectivity index (χ3v) is 4.30. The Hall–Kier alpha value is -2.97. The third-order valence-electron chi connectivity index (χ3n) is 4.30. The van der Waals surface area contributed by atoms with Gasteiger partial charge in [-0.05, 0) is 35.7 Å². The quantitative estimate of drug-likeness (QED) is 0.707. The molecule has 3 rings (SSSR count). The van der Waals surface area contributed by atoms with Crippen LogP contribution in [0, 0.1) is 11.3 Å². The predicted octanol–water partition coefficient (Wildman–Crippen LogP) is 4.58. The van der Waals surface area contributed by atoms with Gasteiger partial charge >= 0.3 is 0 Å². The Labute approximate surface area is 153 Å². The van der Waals surface area contributed by atoms with Crippen molar-refractivity contribution in [1.82, 2.24) is 15.5 Å². The third kappa shape index (κ3) is 4.16. The van der Waals surface area contributed by atoms with Crippen LogP contribution in [0.2, 0.25) is 0 Å². The fourth-order valence-corrected chi connectivity index (χ4v) is 2.67. The Morgan fingerprint density at radius 2 is 1.85 bits per heavy atom. The van der Waals surface area contributed by atoms with Gasteiger partial charge in [0, 0.05) is 12.0 Å². The van der Waals surface area contributed by atoms with Crippen molar-refractivity contribution in [3.8, 4) is 17.2 Å². The van der Waals surface area contributed by atoms with Crippen LogP contribution in [0.15, 0.2) is 53.1 Å². The average Bonchev–Trinajstić information content (AvgIpc) is 3.16. The molecule has 1 aromatic heterocycles. The average molecular weight is 346 g/mol. The fourth-order valence-electron chi connectivity index (χ4n) is 2.67. The number of hydrogen-bond donors (Lipinski definition) is 1. The van der Waals surface area contributed by atoms with E-state index in [1.54, 1.807) is 0 Å². The molecule has 1 atom stereocenters. The molecule has 0 fully saturated rings. The molecule has 0 unspecified atom stereocenters. The zero-order valence-electron chi connectivity index (χ0n) is 15.2. The van der Waals surface area contributed by atoms with Gasteiger partial charge in [-0.15, -0.1) is 0 Å². The first kappa shape index (κ1) is 17.8. The van der Waals surface area contributed by atoms with E-state index < -0.39 is 0 Å². The minimum absolute atomic E-state index is 0.156. The molecule has 5 nitrogen and oxygen atoms in total. The summed E-state index contributed by atoms with van der Waals surface area (Å²) in [5.41, 5.74) is 3.98. The summed E-state index contributed by atoms with van der Waals surface area (Å²) >= 11 is 0. The molecule has 1 heterocycles. The van der Waals surface area contributed by atoms with E-state index in [0.717, 1.165) is 17.0 Å². The first-order valence-electron chi connectivity index (χ1n) is 8.73. The molecule has 0 amide bonds. The number of benzene rings is 2. The summed E-state index contributed by atoms with van der Waals surface area (Å²) in [6.45, 7) is 6.72. The lowest BCUT2D eigenvalue weighted by Crippen LogP contribution is -2.18. The van der Waals surface area contributed by atoms with Crippen molar-refractivity contribution in [1.29, 1.82) is 5.26 Å². The van der Waals surface area contributed by atoms with Gasteiger partial charge in [-0.1, -0.05) is 55.4 Å². The van der Waals surface area contributed by atoms with E-state index >= 15 is 0 Å². The van der Waals surface area contributed by atoms with Gasteiger partial charge in [0.15, 0.2) is 5.82 Å². The predicted molar refractivity (Wildman–Crippen MR) is 100 cm³/mol. The normalized spacial score (nSPS) is 12.1. The van der Waals surface area contributed by atoms with E-state index in [9.17, 15) is 0 Å². The second-order valence-corrected chi connectivity index (χ2v) is 6.62. The molecule has 132 valence electrons. The van der Waals surface area contributed by atoms with Crippen molar-refractivity contribution in [3.05, 3.63) is 71.4 Å². The smallest absolute Gasteiger partial charge is 0.240 e. The number of hydrogen-bond acceptors (Lipinski definition) is 5. The van der Waals surface area contributed by atoms with Crippen molar-refractivity contribution < 1.29 is 4.52 Å². The zero-order chi connectivity index (χ0) is 18.5. The van der Waals surface area contributed by atoms with Crippen LogP contribution in [0.4, 0.5) is 0 Å². The van der Waals surface area contributed by atoms with Gasteiger partial charge < -0.3 is 9.84 Å². The summed E-state index contributed by atoms with van der Waals surface area (Å²) in [5, 5.41) is 16.4. The molecule has 0 bridgehead atoms. The maximum atomic E-state index is 9.04. The van der Waals surface area contributed by atoms with E-state index in [2.05, 4.69) is 52.7 Å². The topological polar surface area (TPSA) is 74.7 Å². The van der Waals surface area contributed by atoms with Crippen LogP contribution < -0.4 is 5.32 Å². The van der Waals surface area contributed by atoms with Gasteiger partial charge in [-0.25, -0.2) is 0 Å². The molecule has 0 aliphatic rings. The maximum Gasteiger partial charge on any atom is 0.240 e. The lowest BCUT2D eigenvalue weighted by Gasteiger charge is -2.13. The van der Waals surface area contributed by atoms with Crippen molar-refractivity contribution >= 4 is 0 Å². The van der Waals surface area contributed by atoms with E-state index in [1.165, 1.54) is 5.56 Å². The summed E-state index contributed by atoms with van der Waals surface area (Å²) in [6.07, 6.45) is 0. The van der Waals surface area contributed by atoms with Crippen molar-refractivity contribution in [2.24, 2.45) is 0 Å². The zero-order valence-corrected chi connectivity index (χ0v) is 15.2. The Morgan fingerprint density at radius 1 is 1.08 bits per heavy atom. The maximum absolute atomic E-state index is 9.04. The largest absolute Gasteiger partial charge is 0.338 e. The summed E-state index contributed by atoms with van der Waals surface area (Å²) < 4.78 is 5.26. The van der Waals surface area contributed by atoms with Crippen LogP contribution in [0.25, 0.3) is 11.1 Å². The molecular weight excluding hydrogens is 324 g/mol. The lowest BCUT2D eigenvalue weighted by molar-refractivity contribution is 0.355. The first-order valence-corrected chi connectivity index (χ1v) is 8.73. The SMILES string of the molecule is CC(C)c1noc(CN[C@H](C)c2ccc(-c3cccc(C#N)c3)cc2)n1. The molecule has 0 aliphatic heterocycles. The van der Waals surface area contributed by atoms with Crippen LogP contribution in [0.1, 0.15) is 55.6 Å². The molecule has 0 radical (unpaired) electrons. The minimum atomic E-state index is 0.156. The molecule has 0 saturated carbocycles. The highest BCUT2D eigenvalue weighted by Crippen LogP contribution is 2.23. The van der Waals surface area contributed by atoms with E-state index in [1.807, 2.05) is 38.1 Å². The Morgan fingerprint density at radius 3 is 2.50 bits per heavy atom. The second-order valence-electron chi connectivity index (χ2n) is 6.62. The highest BCUT2D eigenvalue weighted by Gasteiger charge is 2.11. The molecule has 0 spiro atoms. The molecule has 0 saturated heterocycles. The molecule has 2 aromatic carbocycles. The van der Waals surface area contributed by atoms with Gasteiger partial charge in [0.1, 0.15) is 0 Å². The van der Waals surface area contributed by atoms with Crippen LogP contribution in [-0.2, 0) is 6.54 Å². The van der Waals surface area contributed by atoms with Gasteiger partial charge in [0.05, 0.1) is 18.2 Å². The first-order chi connectivity index (χ1) is 12.6. The van der Waals surface area contributed by atoms with Crippen molar-refractivity contribution in [2.45, 2.75) is 39.3 Å². The molecule has 3 aromatic rings. The Bertz CT molecular complexity index is 906. The van der Waals surface area contributed by atoms with Gasteiger partial charge in [-0.3, -0.25) is 0 Å². The number of aromatic nitrogens is 2. The molecule has 26 heavy (non-hydrogen) atoms. The van der Waals surface area contributed by atoms with E-state index in [4.69, 9.17) is 9.78 Å². The molecule has 5 heteroatoms. The Balaban J connectivity index is 1.64. The molecule has 1 N–H and O–H groups in total. The number of nitrogens with zero attached hydrogens (tertiary/aromatic N) is 3. The van der Waals surface area contributed by atoms with Crippen molar-refractivity contribution in [2.75, 3.05) is 0 Å². The number of rotatable bonds is 6. The number of nitriles is 1. The lowest BCUT2D eigenvalue weighted by atomic mass is 10.00. The second kappa shape index (κ2) is 7.94. The van der Waals surface area contributed by atoms with Gasteiger partial charge in [0.25, 0.3) is 0 Å². The monoisotopic (exact) mass is 346 g/mol. The Kier molecular flexibility index (Phi) is 5.45. The summed E-state index contributed by atoms with van der Waals surface area (Å²) in [7, 11) is 0. The minimum Gasteiger partial charge on any atom is -0.338 e. The van der Waals surface area contributed by atoms with Crippen LogP contribution >= 0.6 is 0 Å². The summed E-state index contributed by atoms with van der Waals surface area (Å²) in [6, 6.07) is 18.3. The van der Waals surface area contributed by atoms with Crippen LogP contribution in [0.5, 0.6) is 0 Å². The standard InChI is InChI=1S/C21H22N4O/c1-14(2)21-24-20(26-25-21)13-23-15(3)17-7-9-18(10-8-17)19-6-4-5-16(11-19)12-22/h4-11,14-15,23H,13H2,1-3H3/t15-/m1/s1. The highest BCUT2D eigenvalue weighted by atomic mass is 16.5. The number of nitrogens with one attached hydrogen (secondary N) is 1. The van der Waals surface area contributed by atoms with Crippen LogP contribution in [0.3, 0.4) is 0 Å². The van der Waals surface area contributed by atoms with Crippen LogP contribution in [-0.4, -0.2) is 10.1 Å². The van der Waals surface area contributed by atoms with E-state index in [0.29, 0.717) is 18.0 Å². The molecule has 0 aliphatic carbocycles. The van der Waals surface area contributed by atoms with Gasteiger partial charge in [0.2, 0.25) is 5.89 Å². The fraction of sp³-hybridized carbons (Fsp3) is 0.286. The highest BCUT2D eigenvalue weighted by molar-refractivity contribution is 5.65. The van der Waals surface area contributed by atoms with Gasteiger partial charge in [-0.2, -0.15) is 10.2 Å².